The fourth-order valence-corrected chi connectivity index (χ4v) is 6.85. The van der Waals surface area contributed by atoms with Crippen LogP contribution < -0.4 is 0 Å². The molecule has 34 heavy (non-hydrogen) atoms. The number of aliphatic hydroxyl groups excluding tert-OH is 1. The Morgan fingerprint density at radius 3 is 2.74 bits per heavy atom. The lowest BCUT2D eigenvalue weighted by molar-refractivity contribution is -0.154. The van der Waals surface area contributed by atoms with E-state index in [-0.39, 0.29) is 35.9 Å². The molecule has 2 bridgehead atoms. The zero-order valence-electron chi connectivity index (χ0n) is 20.2. The minimum atomic E-state index is -1.10. The number of rotatable bonds is 13. The number of aliphatic hydroxyl groups is 1. The molecule has 0 aromatic rings. The molecule has 3 rings (SSSR count). The molecule has 9 heteroatoms. The van der Waals surface area contributed by atoms with Gasteiger partial charge in [0, 0.05) is 30.6 Å². The van der Waals surface area contributed by atoms with Crippen molar-refractivity contribution in [3.8, 4) is 0 Å². The average Bonchev–Trinajstić information content (AvgIpc) is 3.39. The van der Waals surface area contributed by atoms with Gasteiger partial charge in [0.1, 0.15) is 18.2 Å². The van der Waals surface area contributed by atoms with E-state index < -0.39 is 35.6 Å². The summed E-state index contributed by atoms with van der Waals surface area (Å²) >= 11 is 3.65. The van der Waals surface area contributed by atoms with Crippen LogP contribution in [0, 0.1) is 11.8 Å². The zero-order valence-corrected chi connectivity index (χ0v) is 21.7. The minimum Gasteiger partial charge on any atom is -0.461 e. The Labute approximate surface area is 210 Å². The number of hydrogen-bond acceptors (Lipinski definition) is 6. The summed E-state index contributed by atoms with van der Waals surface area (Å²) in [6.07, 6.45) is 5.90. The van der Waals surface area contributed by atoms with Gasteiger partial charge in [-0.3, -0.25) is 14.4 Å². The maximum absolute atomic E-state index is 14.1. The van der Waals surface area contributed by atoms with Gasteiger partial charge in [-0.05, 0) is 32.6 Å². The summed E-state index contributed by atoms with van der Waals surface area (Å²) in [7, 11) is 0. The first-order valence-corrected chi connectivity index (χ1v) is 13.1. The van der Waals surface area contributed by atoms with Crippen molar-refractivity contribution in [3.63, 3.8) is 0 Å². The van der Waals surface area contributed by atoms with Crippen molar-refractivity contribution in [1.82, 2.24) is 9.80 Å². The standard InChI is InChI=1S/C25H37BrN2O6/c1-5-10-16(4)27(11-6-2)23(31)21-25-15-17(26)20(34-25)18(24(32)33-14-7-3)19(25)22(30)28(21)12-8-9-13-29/h6-7,16-21,29H,2-3,5,8-15H2,1,4H3/t16?,17?,18-,19-,20-,21?,25?/m0/s1. The number of amides is 2. The van der Waals surface area contributed by atoms with Crippen LogP contribution in [0.2, 0.25) is 0 Å². The molecule has 0 aromatic heterocycles. The number of carbonyl (C=O) groups is 3. The molecule has 0 aliphatic carbocycles. The van der Waals surface area contributed by atoms with Gasteiger partial charge in [0.25, 0.3) is 0 Å². The molecule has 2 amide bonds. The number of nitrogens with zero attached hydrogens (tertiary/aromatic N) is 2. The molecule has 7 atom stereocenters. The minimum absolute atomic E-state index is 0.00386. The van der Waals surface area contributed by atoms with Crippen molar-refractivity contribution >= 4 is 33.7 Å². The van der Waals surface area contributed by atoms with Gasteiger partial charge in [0.2, 0.25) is 11.8 Å². The molecular formula is C25H37BrN2O6. The summed E-state index contributed by atoms with van der Waals surface area (Å²) < 4.78 is 11.8. The van der Waals surface area contributed by atoms with Gasteiger partial charge in [-0.25, -0.2) is 0 Å². The fraction of sp³-hybridized carbons (Fsp3) is 0.720. The van der Waals surface area contributed by atoms with Crippen molar-refractivity contribution in [3.05, 3.63) is 25.3 Å². The number of ether oxygens (including phenoxy) is 2. The normalized spacial score (nSPS) is 32.4. The lowest BCUT2D eigenvalue weighted by atomic mass is 9.70. The lowest BCUT2D eigenvalue weighted by Gasteiger charge is -2.39. The maximum Gasteiger partial charge on any atom is 0.312 e. The highest BCUT2D eigenvalue weighted by molar-refractivity contribution is 9.09. The lowest BCUT2D eigenvalue weighted by Crippen LogP contribution is -2.58. The van der Waals surface area contributed by atoms with Crippen LogP contribution in [-0.4, -0.2) is 87.6 Å². The molecule has 0 saturated carbocycles. The van der Waals surface area contributed by atoms with E-state index >= 15 is 0 Å². The second-order valence-electron chi connectivity index (χ2n) is 9.46. The molecule has 190 valence electrons. The quantitative estimate of drug-likeness (QED) is 0.167. The van der Waals surface area contributed by atoms with E-state index in [0.717, 1.165) is 12.8 Å². The third-order valence-electron chi connectivity index (χ3n) is 7.29. The van der Waals surface area contributed by atoms with Crippen LogP contribution in [0.25, 0.3) is 0 Å². The Balaban J connectivity index is 2.02. The molecule has 3 aliphatic heterocycles. The fourth-order valence-electron chi connectivity index (χ4n) is 5.91. The van der Waals surface area contributed by atoms with Gasteiger partial charge in [-0.2, -0.15) is 0 Å². The second kappa shape index (κ2) is 11.4. The smallest absolute Gasteiger partial charge is 0.312 e. The third kappa shape index (κ3) is 4.58. The van der Waals surface area contributed by atoms with E-state index in [0.29, 0.717) is 32.4 Å². The topological polar surface area (TPSA) is 96.4 Å². The van der Waals surface area contributed by atoms with Crippen LogP contribution in [0.5, 0.6) is 0 Å². The SMILES string of the molecule is C=CCOC(=O)[C@H]1[C@H]2C(=O)N(CCCCO)C(C(=O)N(CC=C)C(C)CCC)C23CC(Br)[C@@H]1O3. The van der Waals surface area contributed by atoms with Crippen LogP contribution in [0.15, 0.2) is 25.3 Å². The molecule has 1 N–H and O–H groups in total. The first kappa shape index (κ1) is 26.9. The zero-order chi connectivity index (χ0) is 25.0. The number of unbranched alkanes of at least 4 members (excludes halogenated alkanes) is 1. The van der Waals surface area contributed by atoms with E-state index in [1.807, 2.05) is 6.92 Å². The number of carbonyl (C=O) groups excluding carboxylic acids is 3. The molecular weight excluding hydrogens is 504 g/mol. The first-order valence-electron chi connectivity index (χ1n) is 12.2. The monoisotopic (exact) mass is 540 g/mol. The highest BCUT2D eigenvalue weighted by Crippen LogP contribution is 2.60. The summed E-state index contributed by atoms with van der Waals surface area (Å²) in [5.41, 5.74) is -1.10. The van der Waals surface area contributed by atoms with Crippen LogP contribution in [-0.2, 0) is 23.9 Å². The van der Waals surface area contributed by atoms with Crippen molar-refractivity contribution < 1.29 is 29.0 Å². The Morgan fingerprint density at radius 2 is 2.12 bits per heavy atom. The molecule has 3 heterocycles. The van der Waals surface area contributed by atoms with E-state index in [2.05, 4.69) is 36.0 Å². The number of likely N-dealkylation sites (tertiary alicyclic amines) is 1. The van der Waals surface area contributed by atoms with Crippen LogP contribution in [0.1, 0.15) is 46.0 Å². The number of halogens is 1. The molecule has 3 saturated heterocycles. The Kier molecular flexibility index (Phi) is 8.98. The van der Waals surface area contributed by atoms with Crippen molar-refractivity contribution in [2.45, 2.75) is 74.6 Å². The third-order valence-corrected chi connectivity index (χ3v) is 8.14. The molecule has 1 spiro atoms. The van der Waals surface area contributed by atoms with E-state index in [1.54, 1.807) is 15.9 Å². The summed E-state index contributed by atoms with van der Waals surface area (Å²) in [5.74, 6) is -2.50. The summed E-state index contributed by atoms with van der Waals surface area (Å²) in [5, 5.41) is 9.28. The molecule has 8 nitrogen and oxygen atoms in total. The van der Waals surface area contributed by atoms with E-state index in [4.69, 9.17) is 9.47 Å². The largest absolute Gasteiger partial charge is 0.461 e. The maximum atomic E-state index is 14.1. The van der Waals surface area contributed by atoms with Crippen LogP contribution in [0.4, 0.5) is 0 Å². The van der Waals surface area contributed by atoms with Gasteiger partial charge < -0.3 is 24.4 Å². The van der Waals surface area contributed by atoms with Crippen molar-refractivity contribution in [1.29, 1.82) is 0 Å². The number of fused-ring (bicyclic) bond motifs is 1. The van der Waals surface area contributed by atoms with Crippen LogP contribution in [0.3, 0.4) is 0 Å². The van der Waals surface area contributed by atoms with Gasteiger partial charge >= 0.3 is 5.97 Å². The summed E-state index contributed by atoms with van der Waals surface area (Å²) in [6.45, 7) is 12.2. The summed E-state index contributed by atoms with van der Waals surface area (Å²) in [4.78, 5) is 44.1. The van der Waals surface area contributed by atoms with Crippen molar-refractivity contribution in [2.75, 3.05) is 26.3 Å². The van der Waals surface area contributed by atoms with Crippen molar-refractivity contribution in [2.24, 2.45) is 11.8 Å². The average molecular weight is 541 g/mol. The van der Waals surface area contributed by atoms with Gasteiger partial charge in [-0.1, -0.05) is 48.0 Å². The number of esters is 1. The van der Waals surface area contributed by atoms with E-state index in [1.165, 1.54) is 6.08 Å². The predicted octanol–water partition coefficient (Wildman–Crippen LogP) is 2.44. The van der Waals surface area contributed by atoms with E-state index in [9.17, 15) is 19.5 Å². The molecule has 3 aliphatic rings. The highest BCUT2D eigenvalue weighted by atomic mass is 79.9. The van der Waals surface area contributed by atoms with Gasteiger partial charge in [0.05, 0.1) is 17.9 Å². The Bertz CT molecular complexity index is 806. The Hall–Kier alpha value is -1.71. The molecule has 0 aromatic carbocycles. The summed E-state index contributed by atoms with van der Waals surface area (Å²) in [6, 6.07) is -0.878. The van der Waals surface area contributed by atoms with Gasteiger partial charge in [-0.15, -0.1) is 6.58 Å². The molecule has 4 unspecified atom stereocenters. The number of hydrogen-bond donors (Lipinski definition) is 1. The first-order chi connectivity index (χ1) is 16.3. The molecule has 0 radical (unpaired) electrons. The number of alkyl halides is 1. The molecule has 3 fully saturated rings. The highest BCUT2D eigenvalue weighted by Gasteiger charge is 2.77. The second-order valence-corrected chi connectivity index (χ2v) is 10.6. The van der Waals surface area contributed by atoms with Gasteiger partial charge in [0.15, 0.2) is 0 Å². The predicted molar refractivity (Wildman–Crippen MR) is 131 cm³/mol. The van der Waals surface area contributed by atoms with Crippen LogP contribution >= 0.6 is 15.9 Å². The Morgan fingerprint density at radius 1 is 1.38 bits per heavy atom.